The molecule has 2 rings (SSSR count). The van der Waals surface area contributed by atoms with Crippen molar-refractivity contribution in [3.8, 4) is 5.75 Å². The van der Waals surface area contributed by atoms with E-state index in [0.717, 1.165) is 36.1 Å². The van der Waals surface area contributed by atoms with Gasteiger partial charge in [0, 0.05) is 19.1 Å². The van der Waals surface area contributed by atoms with E-state index in [9.17, 15) is 8.42 Å². The van der Waals surface area contributed by atoms with Crippen molar-refractivity contribution < 1.29 is 13.2 Å². The molecular weight excluding hydrogens is 288 g/mol. The van der Waals surface area contributed by atoms with E-state index in [0.29, 0.717) is 18.0 Å². The molecule has 0 bridgehead atoms. The zero-order valence-corrected chi connectivity index (χ0v) is 13.7. The number of rotatable bonds is 4. The van der Waals surface area contributed by atoms with Gasteiger partial charge in [-0.3, -0.25) is 0 Å². The minimum atomic E-state index is -3.50. The number of hydrogen-bond donors (Lipinski definition) is 1. The zero-order chi connectivity index (χ0) is 15.6. The zero-order valence-electron chi connectivity index (χ0n) is 12.9. The van der Waals surface area contributed by atoms with Crippen molar-refractivity contribution >= 4 is 10.0 Å². The van der Waals surface area contributed by atoms with Gasteiger partial charge in [0.25, 0.3) is 0 Å². The van der Waals surface area contributed by atoms with Gasteiger partial charge in [-0.05, 0) is 49.9 Å². The first kappa shape index (κ1) is 16.3. The number of benzene rings is 1. The highest BCUT2D eigenvalue weighted by atomic mass is 32.2. The second-order valence-corrected chi connectivity index (χ2v) is 7.48. The Hall–Kier alpha value is -1.11. The molecule has 1 aliphatic rings. The number of hydrogen-bond acceptors (Lipinski definition) is 4. The van der Waals surface area contributed by atoms with Crippen LogP contribution in [0.2, 0.25) is 0 Å². The summed E-state index contributed by atoms with van der Waals surface area (Å²) in [5.41, 5.74) is 7.41. The van der Waals surface area contributed by atoms with Crippen molar-refractivity contribution in [1.29, 1.82) is 0 Å². The van der Waals surface area contributed by atoms with E-state index in [1.54, 1.807) is 23.5 Å². The monoisotopic (exact) mass is 312 g/mol. The highest BCUT2D eigenvalue weighted by Gasteiger charge is 2.33. The third-order valence-electron chi connectivity index (χ3n) is 4.09. The summed E-state index contributed by atoms with van der Waals surface area (Å²) >= 11 is 0. The van der Waals surface area contributed by atoms with Crippen LogP contribution in [0.4, 0.5) is 0 Å². The van der Waals surface area contributed by atoms with E-state index in [1.165, 1.54) is 0 Å². The van der Waals surface area contributed by atoms with Crippen LogP contribution in [0.15, 0.2) is 17.0 Å². The highest BCUT2D eigenvalue weighted by molar-refractivity contribution is 7.89. The van der Waals surface area contributed by atoms with Crippen LogP contribution in [0.3, 0.4) is 0 Å². The molecule has 118 valence electrons. The number of sulfonamides is 1. The molecule has 5 nitrogen and oxygen atoms in total. The molecule has 1 unspecified atom stereocenters. The fourth-order valence-electron chi connectivity index (χ4n) is 3.04. The maximum absolute atomic E-state index is 12.9. The Morgan fingerprint density at radius 2 is 1.90 bits per heavy atom. The molecule has 0 aromatic heterocycles. The lowest BCUT2D eigenvalue weighted by Gasteiger charge is -2.34. The molecule has 2 N–H and O–H groups in total. The Labute approximate surface area is 127 Å². The summed E-state index contributed by atoms with van der Waals surface area (Å²) < 4.78 is 32.6. The third kappa shape index (κ3) is 3.07. The van der Waals surface area contributed by atoms with Gasteiger partial charge in [-0.25, -0.2) is 8.42 Å². The molecule has 1 saturated heterocycles. The molecule has 1 aliphatic heterocycles. The van der Waals surface area contributed by atoms with Gasteiger partial charge in [-0.1, -0.05) is 6.42 Å². The summed E-state index contributed by atoms with van der Waals surface area (Å²) in [4.78, 5) is 0.332. The molecule has 0 aliphatic carbocycles. The molecule has 0 radical (unpaired) electrons. The van der Waals surface area contributed by atoms with Crippen LogP contribution in [0.1, 0.15) is 30.4 Å². The summed E-state index contributed by atoms with van der Waals surface area (Å²) in [6.07, 6.45) is 2.77. The number of nitrogens with zero attached hydrogens (tertiary/aromatic N) is 1. The van der Waals surface area contributed by atoms with Crippen molar-refractivity contribution in [2.45, 2.75) is 44.0 Å². The summed E-state index contributed by atoms with van der Waals surface area (Å²) in [7, 11) is -1.90. The van der Waals surface area contributed by atoms with Crippen molar-refractivity contribution in [2.75, 3.05) is 20.2 Å². The lowest BCUT2D eigenvalue weighted by molar-refractivity contribution is 0.257. The van der Waals surface area contributed by atoms with Crippen LogP contribution in [0.5, 0.6) is 5.75 Å². The minimum absolute atomic E-state index is 0.0912. The molecule has 21 heavy (non-hydrogen) atoms. The number of piperidine rings is 1. The second kappa shape index (κ2) is 6.34. The van der Waals surface area contributed by atoms with Gasteiger partial charge in [-0.15, -0.1) is 0 Å². The molecule has 1 aromatic carbocycles. The Morgan fingerprint density at radius 3 is 2.43 bits per heavy atom. The number of nitrogens with two attached hydrogens (primary N) is 1. The Kier molecular flexibility index (Phi) is 4.91. The first-order valence-electron chi connectivity index (χ1n) is 7.29. The first-order chi connectivity index (χ1) is 9.91. The van der Waals surface area contributed by atoms with Gasteiger partial charge in [0.2, 0.25) is 10.0 Å². The standard InChI is InChI=1S/C15H24N2O3S/c1-11-8-14(9-12(2)15(11)20-3)21(18,19)17-7-5-4-6-13(17)10-16/h8-9,13H,4-7,10,16H2,1-3H3. The van der Waals surface area contributed by atoms with Crippen molar-refractivity contribution in [1.82, 2.24) is 4.31 Å². The SMILES string of the molecule is COc1c(C)cc(S(=O)(=O)N2CCCCC2CN)cc1C. The van der Waals surface area contributed by atoms with Crippen LogP contribution in [-0.2, 0) is 10.0 Å². The van der Waals surface area contributed by atoms with Gasteiger partial charge in [0.1, 0.15) is 5.75 Å². The lowest BCUT2D eigenvalue weighted by atomic mass is 10.1. The molecule has 6 heteroatoms. The Balaban J connectivity index is 2.44. The fourth-order valence-corrected chi connectivity index (χ4v) is 4.92. The summed E-state index contributed by atoms with van der Waals surface area (Å²) in [6.45, 7) is 4.64. The minimum Gasteiger partial charge on any atom is -0.496 e. The molecule has 0 amide bonds. The first-order valence-corrected chi connectivity index (χ1v) is 8.73. The Bertz CT molecular complexity index is 590. The topological polar surface area (TPSA) is 72.6 Å². The van der Waals surface area contributed by atoms with E-state index in [2.05, 4.69) is 0 Å². The number of ether oxygens (including phenoxy) is 1. The van der Waals surface area contributed by atoms with E-state index in [1.807, 2.05) is 13.8 Å². The fraction of sp³-hybridized carbons (Fsp3) is 0.600. The molecule has 1 aromatic rings. The van der Waals surface area contributed by atoms with E-state index in [-0.39, 0.29) is 6.04 Å². The largest absolute Gasteiger partial charge is 0.496 e. The maximum atomic E-state index is 12.9. The van der Waals surface area contributed by atoms with Gasteiger partial charge in [0.15, 0.2) is 0 Å². The van der Waals surface area contributed by atoms with E-state index >= 15 is 0 Å². The quantitative estimate of drug-likeness (QED) is 0.920. The molecule has 0 spiro atoms. The van der Waals surface area contributed by atoms with Crippen molar-refractivity contribution in [3.05, 3.63) is 23.3 Å². The molecule has 0 saturated carbocycles. The van der Waals surface area contributed by atoms with Gasteiger partial charge >= 0.3 is 0 Å². The average molecular weight is 312 g/mol. The van der Waals surface area contributed by atoms with Crippen LogP contribution in [0.25, 0.3) is 0 Å². The number of methoxy groups -OCH3 is 1. The van der Waals surface area contributed by atoms with E-state index in [4.69, 9.17) is 10.5 Å². The Morgan fingerprint density at radius 1 is 1.29 bits per heavy atom. The summed E-state index contributed by atoms with van der Waals surface area (Å²) in [6, 6.07) is 3.28. The summed E-state index contributed by atoms with van der Waals surface area (Å²) in [5.74, 6) is 0.739. The second-order valence-electron chi connectivity index (χ2n) is 5.59. The van der Waals surface area contributed by atoms with Gasteiger partial charge in [-0.2, -0.15) is 4.31 Å². The van der Waals surface area contributed by atoms with Crippen molar-refractivity contribution in [3.63, 3.8) is 0 Å². The van der Waals surface area contributed by atoms with Crippen molar-refractivity contribution in [2.24, 2.45) is 5.73 Å². The van der Waals surface area contributed by atoms with E-state index < -0.39 is 10.0 Å². The van der Waals surface area contributed by atoms with Crippen LogP contribution in [-0.4, -0.2) is 39.0 Å². The normalized spacial score (nSPS) is 20.5. The lowest BCUT2D eigenvalue weighted by Crippen LogP contribution is -2.47. The molecule has 1 fully saturated rings. The third-order valence-corrected chi connectivity index (χ3v) is 6.02. The summed E-state index contributed by atoms with van der Waals surface area (Å²) in [5, 5.41) is 0. The van der Waals surface area contributed by atoms with Gasteiger partial charge in [0.05, 0.1) is 12.0 Å². The number of aryl methyl sites for hydroxylation is 2. The molecule has 1 heterocycles. The predicted octanol–water partition coefficient (Wildman–Crippen LogP) is 1.81. The molecule has 1 atom stereocenters. The smallest absolute Gasteiger partial charge is 0.243 e. The highest BCUT2D eigenvalue weighted by Crippen LogP contribution is 2.30. The maximum Gasteiger partial charge on any atom is 0.243 e. The predicted molar refractivity (Wildman–Crippen MR) is 83.1 cm³/mol. The van der Waals surface area contributed by atoms with Crippen LogP contribution in [0, 0.1) is 13.8 Å². The average Bonchev–Trinajstić information content (AvgIpc) is 2.46. The van der Waals surface area contributed by atoms with Crippen LogP contribution < -0.4 is 10.5 Å². The van der Waals surface area contributed by atoms with Gasteiger partial charge < -0.3 is 10.5 Å². The van der Waals surface area contributed by atoms with Crippen LogP contribution >= 0.6 is 0 Å². The molecular formula is C15H24N2O3S.